The maximum absolute atomic E-state index is 11.8. The highest BCUT2D eigenvalue weighted by molar-refractivity contribution is 5.84. The largest absolute Gasteiger partial charge is 0.491 e. The monoisotopic (exact) mass is 411 g/mol. The zero-order chi connectivity index (χ0) is 21.7. The maximum atomic E-state index is 11.8. The minimum absolute atomic E-state index is 0.104. The number of carbonyl (C=O) groups excluding carboxylic acids is 1. The Kier molecular flexibility index (Phi) is 7.24. The number of unbranched alkanes of at least 4 members (excludes halogenated alkanes) is 2. The average Bonchev–Trinajstić information content (AvgIpc) is 3.05. The van der Waals surface area contributed by atoms with Gasteiger partial charge in [-0.2, -0.15) is 0 Å². The molecule has 1 aromatic carbocycles. The number of ether oxygens (including phenoxy) is 1. The molecule has 0 atom stereocenters. The third-order valence-electron chi connectivity index (χ3n) is 4.89. The lowest BCUT2D eigenvalue weighted by molar-refractivity contribution is -0.119. The van der Waals surface area contributed by atoms with Crippen molar-refractivity contribution < 1.29 is 9.53 Å². The van der Waals surface area contributed by atoms with Gasteiger partial charge < -0.3 is 10.1 Å². The number of fused-ring (bicyclic) bond motifs is 3. The molecule has 162 valence electrons. The van der Waals surface area contributed by atoms with Crippen LogP contribution in [0.4, 0.5) is 5.82 Å². The van der Waals surface area contributed by atoms with Gasteiger partial charge in [-0.1, -0.05) is 20.3 Å². The second-order valence-corrected chi connectivity index (χ2v) is 8.56. The van der Waals surface area contributed by atoms with E-state index in [0.29, 0.717) is 24.5 Å². The molecule has 30 heavy (non-hydrogen) atoms. The van der Waals surface area contributed by atoms with Crippen LogP contribution < -0.4 is 10.1 Å². The van der Waals surface area contributed by atoms with Gasteiger partial charge in [0.05, 0.1) is 17.1 Å². The van der Waals surface area contributed by atoms with Crippen molar-refractivity contribution in [3.05, 3.63) is 24.0 Å². The first kappa shape index (κ1) is 22.0. The summed E-state index contributed by atoms with van der Waals surface area (Å²) in [6.07, 6.45) is 4.40. The Balaban J connectivity index is 1.68. The van der Waals surface area contributed by atoms with Crippen LogP contribution in [0.3, 0.4) is 0 Å². The first-order chi connectivity index (χ1) is 14.3. The Bertz CT molecular complexity index is 1010. The summed E-state index contributed by atoms with van der Waals surface area (Å²) in [5.74, 6) is 3.15. The summed E-state index contributed by atoms with van der Waals surface area (Å²) in [5.41, 5.74) is 2.52. The molecular weight excluding hydrogens is 378 g/mol. The number of hydrogen-bond acceptors (Lipinski definition) is 6. The lowest BCUT2D eigenvalue weighted by atomic mass is 10.0. The highest BCUT2D eigenvalue weighted by atomic mass is 16.5. The molecule has 0 spiro atoms. The zero-order valence-corrected chi connectivity index (χ0v) is 18.7. The molecule has 0 aliphatic carbocycles. The fraction of sp³-hybridized carbons (Fsp3) is 0.565. The van der Waals surface area contributed by atoms with E-state index in [1.165, 1.54) is 0 Å². The van der Waals surface area contributed by atoms with Crippen LogP contribution in [-0.4, -0.2) is 38.0 Å². The normalized spacial score (nSPS) is 11.7. The quantitative estimate of drug-likeness (QED) is 0.449. The van der Waals surface area contributed by atoms with Gasteiger partial charge in [0.2, 0.25) is 5.65 Å². The van der Waals surface area contributed by atoms with E-state index in [0.717, 1.165) is 59.9 Å². The molecule has 7 nitrogen and oxygen atoms in total. The second-order valence-electron chi connectivity index (χ2n) is 8.56. The molecule has 1 N–H and O–H groups in total. The topological polar surface area (TPSA) is 81.4 Å². The van der Waals surface area contributed by atoms with E-state index in [2.05, 4.69) is 29.4 Å². The summed E-state index contributed by atoms with van der Waals surface area (Å²) < 4.78 is 7.85. The third-order valence-corrected chi connectivity index (χ3v) is 4.89. The first-order valence-corrected chi connectivity index (χ1v) is 10.9. The number of aromatic nitrogens is 4. The van der Waals surface area contributed by atoms with Crippen molar-refractivity contribution >= 4 is 28.3 Å². The lowest BCUT2D eigenvalue weighted by Gasteiger charge is -2.13. The summed E-state index contributed by atoms with van der Waals surface area (Å²) in [4.78, 5) is 16.6. The molecule has 0 saturated heterocycles. The number of Topliss-reactive ketones (excluding diaryl/α,β-unsaturated/α-hetero) is 1. The molecule has 0 bridgehead atoms. The van der Waals surface area contributed by atoms with Gasteiger partial charge in [0.25, 0.3) is 0 Å². The van der Waals surface area contributed by atoms with Crippen molar-refractivity contribution in [2.75, 3.05) is 11.9 Å². The van der Waals surface area contributed by atoms with Gasteiger partial charge in [0, 0.05) is 25.5 Å². The van der Waals surface area contributed by atoms with E-state index >= 15 is 0 Å². The number of nitrogens with zero attached hydrogens (tertiary/aromatic N) is 4. The van der Waals surface area contributed by atoms with Crippen LogP contribution in [0.25, 0.3) is 16.7 Å². The standard InChI is InChI=1S/C23H33N5O2/c1-15(2)13-18(29)9-7-6-8-12-24-22-23-27-26-17(5)28(23)21-11-10-19(30-16(3)4)14-20(21)25-22/h10-11,14-16H,6-9,12-13H2,1-5H3,(H,24,25). The molecule has 0 radical (unpaired) electrons. The van der Waals surface area contributed by atoms with Crippen molar-refractivity contribution in [2.24, 2.45) is 5.92 Å². The summed E-state index contributed by atoms with van der Waals surface area (Å²) >= 11 is 0. The number of anilines is 1. The van der Waals surface area contributed by atoms with Crippen molar-refractivity contribution in [3.63, 3.8) is 0 Å². The molecule has 0 amide bonds. The van der Waals surface area contributed by atoms with Crippen molar-refractivity contribution in [1.29, 1.82) is 0 Å². The number of rotatable bonds is 11. The number of nitrogens with one attached hydrogen (secondary N) is 1. The number of hydrogen-bond donors (Lipinski definition) is 1. The van der Waals surface area contributed by atoms with Crippen LogP contribution in [-0.2, 0) is 4.79 Å². The maximum Gasteiger partial charge on any atom is 0.204 e. The van der Waals surface area contributed by atoms with Crippen LogP contribution in [0.5, 0.6) is 5.75 Å². The molecule has 0 aliphatic heterocycles. The minimum atomic E-state index is 0.104. The van der Waals surface area contributed by atoms with Gasteiger partial charge in [-0.25, -0.2) is 4.98 Å². The lowest BCUT2D eigenvalue weighted by Crippen LogP contribution is -2.08. The van der Waals surface area contributed by atoms with Crippen LogP contribution in [0.1, 0.15) is 65.6 Å². The van der Waals surface area contributed by atoms with Crippen molar-refractivity contribution in [2.45, 2.75) is 72.8 Å². The molecule has 0 aliphatic rings. The highest BCUT2D eigenvalue weighted by Gasteiger charge is 2.14. The predicted octanol–water partition coefficient (Wildman–Crippen LogP) is 4.96. The van der Waals surface area contributed by atoms with E-state index in [-0.39, 0.29) is 6.10 Å². The van der Waals surface area contributed by atoms with Gasteiger partial charge in [0.15, 0.2) is 5.82 Å². The van der Waals surface area contributed by atoms with E-state index in [1.54, 1.807) is 0 Å². The Morgan fingerprint density at radius 2 is 1.93 bits per heavy atom. The summed E-state index contributed by atoms with van der Waals surface area (Å²) in [6.45, 7) is 10.9. The number of ketones is 1. The van der Waals surface area contributed by atoms with Gasteiger partial charge >= 0.3 is 0 Å². The summed E-state index contributed by atoms with van der Waals surface area (Å²) in [5, 5.41) is 12.0. The van der Waals surface area contributed by atoms with Gasteiger partial charge in [-0.15, -0.1) is 10.2 Å². The van der Waals surface area contributed by atoms with E-state index in [1.807, 2.05) is 43.4 Å². The predicted molar refractivity (Wildman–Crippen MR) is 120 cm³/mol. The highest BCUT2D eigenvalue weighted by Crippen LogP contribution is 2.25. The van der Waals surface area contributed by atoms with Crippen LogP contribution in [0.15, 0.2) is 18.2 Å². The van der Waals surface area contributed by atoms with E-state index in [9.17, 15) is 4.79 Å². The first-order valence-electron chi connectivity index (χ1n) is 10.9. The molecule has 7 heteroatoms. The van der Waals surface area contributed by atoms with Crippen LogP contribution >= 0.6 is 0 Å². The smallest absolute Gasteiger partial charge is 0.204 e. The molecule has 0 saturated carbocycles. The molecule has 0 unspecified atom stereocenters. The fourth-order valence-corrected chi connectivity index (χ4v) is 3.61. The SMILES string of the molecule is Cc1nnc2c(NCCCCCC(=O)CC(C)C)nc3cc(OC(C)C)ccc3n12. The number of carbonyl (C=O) groups is 1. The third kappa shape index (κ3) is 5.46. The molecule has 2 heterocycles. The second kappa shape index (κ2) is 9.87. The van der Waals surface area contributed by atoms with Crippen molar-refractivity contribution in [3.8, 4) is 5.75 Å². The Morgan fingerprint density at radius 1 is 1.13 bits per heavy atom. The molecular formula is C23H33N5O2. The Labute approximate surface area is 178 Å². The van der Waals surface area contributed by atoms with Gasteiger partial charge in [-0.05, 0) is 51.7 Å². The van der Waals surface area contributed by atoms with Crippen molar-refractivity contribution in [1.82, 2.24) is 19.6 Å². The number of aryl methyl sites for hydroxylation is 1. The zero-order valence-electron chi connectivity index (χ0n) is 18.7. The Morgan fingerprint density at radius 3 is 2.67 bits per heavy atom. The minimum Gasteiger partial charge on any atom is -0.491 e. The fourth-order valence-electron chi connectivity index (χ4n) is 3.61. The van der Waals surface area contributed by atoms with Gasteiger partial charge in [-0.3, -0.25) is 9.20 Å². The summed E-state index contributed by atoms with van der Waals surface area (Å²) in [7, 11) is 0. The number of benzene rings is 1. The molecule has 0 fully saturated rings. The average molecular weight is 412 g/mol. The van der Waals surface area contributed by atoms with E-state index < -0.39 is 0 Å². The van der Waals surface area contributed by atoms with Crippen LogP contribution in [0, 0.1) is 12.8 Å². The Hall–Kier alpha value is -2.70. The molecule has 2 aromatic heterocycles. The van der Waals surface area contributed by atoms with Gasteiger partial charge in [0.1, 0.15) is 17.4 Å². The summed E-state index contributed by atoms with van der Waals surface area (Å²) in [6, 6.07) is 5.91. The van der Waals surface area contributed by atoms with E-state index in [4.69, 9.17) is 9.72 Å². The molecule has 3 aromatic rings. The molecule has 3 rings (SSSR count). The van der Waals surface area contributed by atoms with Crippen LogP contribution in [0.2, 0.25) is 0 Å².